The molecule has 0 aliphatic rings. The SMILES string of the molecule is COc1cccc2c1c(S(=O)(=O)Cl)cn2C(F)F. The lowest BCUT2D eigenvalue weighted by atomic mass is 10.2. The third-order valence-electron chi connectivity index (χ3n) is 2.48. The van der Waals surface area contributed by atoms with E-state index in [0.29, 0.717) is 4.57 Å². The fraction of sp³-hybridized carbons (Fsp3) is 0.200. The van der Waals surface area contributed by atoms with Crippen molar-refractivity contribution in [1.82, 2.24) is 4.57 Å². The molecule has 8 heteroatoms. The molecule has 1 heterocycles. The van der Waals surface area contributed by atoms with Gasteiger partial charge < -0.3 is 4.74 Å². The Morgan fingerprint density at radius 1 is 1.39 bits per heavy atom. The summed E-state index contributed by atoms with van der Waals surface area (Å²) in [6.45, 7) is -2.87. The zero-order chi connectivity index (χ0) is 13.5. The van der Waals surface area contributed by atoms with Crippen molar-refractivity contribution < 1.29 is 21.9 Å². The molecule has 0 aliphatic heterocycles. The summed E-state index contributed by atoms with van der Waals surface area (Å²) in [6, 6.07) is 4.34. The van der Waals surface area contributed by atoms with Crippen molar-refractivity contribution in [3.05, 3.63) is 24.4 Å². The number of rotatable bonds is 3. The summed E-state index contributed by atoms with van der Waals surface area (Å²) in [7, 11) is 2.42. The summed E-state index contributed by atoms with van der Waals surface area (Å²) in [5, 5.41) is 0.0512. The van der Waals surface area contributed by atoms with Crippen LogP contribution in [0.2, 0.25) is 0 Å². The number of ether oxygens (including phenoxy) is 1. The van der Waals surface area contributed by atoms with Crippen LogP contribution in [0, 0.1) is 0 Å². The van der Waals surface area contributed by atoms with Gasteiger partial charge in [-0.15, -0.1) is 0 Å². The van der Waals surface area contributed by atoms with Gasteiger partial charge in [0, 0.05) is 16.9 Å². The summed E-state index contributed by atoms with van der Waals surface area (Å²) >= 11 is 0. The normalized spacial score (nSPS) is 12.3. The maximum absolute atomic E-state index is 12.8. The third kappa shape index (κ3) is 2.04. The number of benzene rings is 1. The molecule has 0 fully saturated rings. The fourth-order valence-corrected chi connectivity index (χ4v) is 2.80. The average Bonchev–Trinajstić information content (AvgIpc) is 2.67. The van der Waals surface area contributed by atoms with Crippen LogP contribution in [-0.4, -0.2) is 20.1 Å². The van der Waals surface area contributed by atoms with Crippen LogP contribution < -0.4 is 4.74 Å². The van der Waals surface area contributed by atoms with E-state index in [1.54, 1.807) is 0 Å². The second-order valence-electron chi connectivity index (χ2n) is 3.47. The molecule has 1 aromatic heterocycles. The van der Waals surface area contributed by atoms with Crippen LogP contribution in [0.4, 0.5) is 8.78 Å². The predicted molar refractivity (Wildman–Crippen MR) is 62.8 cm³/mol. The molecule has 0 saturated heterocycles. The highest BCUT2D eigenvalue weighted by Gasteiger charge is 2.24. The lowest BCUT2D eigenvalue weighted by Crippen LogP contribution is -1.95. The number of methoxy groups -OCH3 is 1. The lowest BCUT2D eigenvalue weighted by Gasteiger charge is -2.05. The molecule has 0 spiro atoms. The molecule has 98 valence electrons. The third-order valence-corrected chi connectivity index (χ3v) is 3.81. The van der Waals surface area contributed by atoms with Gasteiger partial charge in [-0.1, -0.05) is 6.07 Å². The number of fused-ring (bicyclic) bond motifs is 1. The molecular formula is C10H8ClF2NO3S. The smallest absolute Gasteiger partial charge is 0.319 e. The highest BCUT2D eigenvalue weighted by atomic mass is 35.7. The van der Waals surface area contributed by atoms with E-state index in [9.17, 15) is 17.2 Å². The first-order valence-corrected chi connectivity index (χ1v) is 7.07. The highest BCUT2D eigenvalue weighted by Crippen LogP contribution is 2.36. The summed E-state index contributed by atoms with van der Waals surface area (Å²) < 4.78 is 54.0. The lowest BCUT2D eigenvalue weighted by molar-refractivity contribution is 0.0748. The second kappa shape index (κ2) is 4.40. The van der Waals surface area contributed by atoms with Crippen molar-refractivity contribution in [2.75, 3.05) is 7.11 Å². The van der Waals surface area contributed by atoms with Gasteiger partial charge in [0.2, 0.25) is 0 Å². The van der Waals surface area contributed by atoms with Gasteiger partial charge in [0.25, 0.3) is 9.05 Å². The molecule has 1 aromatic carbocycles. The average molecular weight is 296 g/mol. The standard InChI is InChI=1S/C10H8ClF2NO3S/c1-17-7-4-2-3-6-9(7)8(18(11,15)16)5-14(6)10(12)13/h2-5,10H,1H3. The quantitative estimate of drug-likeness (QED) is 0.818. The topological polar surface area (TPSA) is 48.3 Å². The molecule has 0 unspecified atom stereocenters. The minimum atomic E-state index is -4.14. The van der Waals surface area contributed by atoms with E-state index in [1.165, 1.54) is 25.3 Å². The Bertz CT molecular complexity index is 696. The Labute approximate surface area is 106 Å². The molecule has 0 atom stereocenters. The maximum Gasteiger partial charge on any atom is 0.319 e. The molecule has 0 saturated carbocycles. The van der Waals surface area contributed by atoms with Crippen molar-refractivity contribution in [2.45, 2.75) is 11.4 Å². The van der Waals surface area contributed by atoms with Crippen LogP contribution in [0.15, 0.2) is 29.3 Å². The Hall–Kier alpha value is -1.34. The molecule has 0 amide bonds. The van der Waals surface area contributed by atoms with Gasteiger partial charge >= 0.3 is 6.55 Å². The summed E-state index contributed by atoms with van der Waals surface area (Å²) in [6.07, 6.45) is 0.806. The van der Waals surface area contributed by atoms with Crippen molar-refractivity contribution in [3.8, 4) is 5.75 Å². The maximum atomic E-state index is 12.8. The monoisotopic (exact) mass is 295 g/mol. The minimum absolute atomic E-state index is 0.0450. The second-order valence-corrected chi connectivity index (χ2v) is 6.00. The number of hydrogen-bond donors (Lipinski definition) is 0. The Morgan fingerprint density at radius 3 is 2.56 bits per heavy atom. The summed E-state index contributed by atoms with van der Waals surface area (Å²) in [4.78, 5) is -0.392. The molecule has 0 aliphatic carbocycles. The number of aromatic nitrogens is 1. The van der Waals surface area contributed by atoms with Crippen LogP contribution in [0.1, 0.15) is 6.55 Å². The van der Waals surface area contributed by atoms with Crippen molar-refractivity contribution in [3.63, 3.8) is 0 Å². The van der Waals surface area contributed by atoms with Gasteiger partial charge in [-0.2, -0.15) is 8.78 Å². The zero-order valence-corrected chi connectivity index (χ0v) is 10.7. The first-order chi connectivity index (χ1) is 8.36. The molecule has 0 N–H and O–H groups in total. The van der Waals surface area contributed by atoms with Crippen LogP contribution in [-0.2, 0) is 9.05 Å². The molecule has 0 radical (unpaired) electrons. The van der Waals surface area contributed by atoms with Crippen LogP contribution in [0.25, 0.3) is 10.9 Å². The molecule has 2 rings (SSSR count). The van der Waals surface area contributed by atoms with E-state index in [0.717, 1.165) is 6.20 Å². The summed E-state index contributed by atoms with van der Waals surface area (Å²) in [5.41, 5.74) is 0.0450. The Balaban J connectivity index is 2.95. The van der Waals surface area contributed by atoms with Gasteiger partial charge in [-0.05, 0) is 12.1 Å². The van der Waals surface area contributed by atoms with Crippen LogP contribution >= 0.6 is 10.7 Å². The van der Waals surface area contributed by atoms with Crippen LogP contribution in [0.3, 0.4) is 0 Å². The molecule has 4 nitrogen and oxygen atoms in total. The van der Waals surface area contributed by atoms with E-state index in [-0.39, 0.29) is 16.7 Å². The van der Waals surface area contributed by atoms with Crippen molar-refractivity contribution in [2.24, 2.45) is 0 Å². The van der Waals surface area contributed by atoms with E-state index < -0.39 is 20.5 Å². The molecular weight excluding hydrogens is 288 g/mol. The van der Waals surface area contributed by atoms with Gasteiger partial charge in [-0.3, -0.25) is 4.57 Å². The minimum Gasteiger partial charge on any atom is -0.496 e. The van der Waals surface area contributed by atoms with E-state index in [1.807, 2.05) is 0 Å². The highest BCUT2D eigenvalue weighted by molar-refractivity contribution is 8.14. The van der Waals surface area contributed by atoms with E-state index >= 15 is 0 Å². The van der Waals surface area contributed by atoms with E-state index in [4.69, 9.17) is 15.4 Å². The van der Waals surface area contributed by atoms with E-state index in [2.05, 4.69) is 0 Å². The number of hydrogen-bond acceptors (Lipinski definition) is 3. The molecule has 0 bridgehead atoms. The number of halogens is 3. The van der Waals surface area contributed by atoms with Crippen LogP contribution in [0.5, 0.6) is 5.75 Å². The van der Waals surface area contributed by atoms with Crippen molar-refractivity contribution in [1.29, 1.82) is 0 Å². The first kappa shape index (κ1) is 13.1. The zero-order valence-electron chi connectivity index (χ0n) is 9.10. The number of alkyl halides is 2. The van der Waals surface area contributed by atoms with Gasteiger partial charge in [0.05, 0.1) is 18.0 Å². The van der Waals surface area contributed by atoms with Gasteiger partial charge in [-0.25, -0.2) is 8.42 Å². The number of nitrogens with zero attached hydrogens (tertiary/aromatic N) is 1. The summed E-state index contributed by atoms with van der Waals surface area (Å²) in [5.74, 6) is 0.172. The molecule has 18 heavy (non-hydrogen) atoms. The largest absolute Gasteiger partial charge is 0.496 e. The Morgan fingerprint density at radius 2 is 2.06 bits per heavy atom. The first-order valence-electron chi connectivity index (χ1n) is 4.76. The van der Waals surface area contributed by atoms with Gasteiger partial charge in [0.1, 0.15) is 10.6 Å². The van der Waals surface area contributed by atoms with Crippen molar-refractivity contribution >= 4 is 30.6 Å². The van der Waals surface area contributed by atoms with Gasteiger partial charge in [0.15, 0.2) is 0 Å². The Kier molecular flexibility index (Phi) is 3.20. The fourth-order valence-electron chi connectivity index (χ4n) is 1.76. The predicted octanol–water partition coefficient (Wildman–Crippen LogP) is 2.97. The molecule has 2 aromatic rings.